The molecule has 0 fully saturated rings. The highest BCUT2D eigenvalue weighted by atomic mass is 16.5. The Kier molecular flexibility index (Phi) is 5.42. The number of aryl methyl sites for hydroxylation is 1. The van der Waals surface area contributed by atoms with Crippen molar-refractivity contribution in [3.63, 3.8) is 0 Å². The van der Waals surface area contributed by atoms with Crippen molar-refractivity contribution < 1.29 is 23.8 Å². The number of ether oxygens (including phenoxy) is 1. The monoisotopic (exact) mass is 441 g/mol. The second-order valence-corrected chi connectivity index (χ2v) is 8.43. The van der Waals surface area contributed by atoms with Gasteiger partial charge in [0.25, 0.3) is 0 Å². The van der Waals surface area contributed by atoms with Crippen LogP contribution in [0.4, 0.5) is 0 Å². The minimum absolute atomic E-state index is 0.0211. The summed E-state index contributed by atoms with van der Waals surface area (Å²) in [6.07, 6.45) is -0.226. The first kappa shape index (κ1) is 20.9. The minimum Gasteiger partial charge on any atom is -0.481 e. The molecule has 1 atom stereocenters. The van der Waals surface area contributed by atoms with E-state index in [9.17, 15) is 14.7 Å². The van der Waals surface area contributed by atoms with E-state index >= 15 is 0 Å². The molecule has 33 heavy (non-hydrogen) atoms. The fourth-order valence-corrected chi connectivity index (χ4v) is 4.50. The Hall–Kier alpha value is -3.93. The normalized spacial score (nSPS) is 13.5. The third-order valence-corrected chi connectivity index (χ3v) is 6.15. The van der Waals surface area contributed by atoms with Gasteiger partial charge in [-0.3, -0.25) is 9.59 Å². The van der Waals surface area contributed by atoms with Crippen molar-refractivity contribution in [2.24, 2.45) is 5.92 Å². The molecule has 5 rings (SSSR count). The maximum atomic E-state index is 12.6. The number of hydrogen-bond acceptors (Lipinski definition) is 5. The number of rotatable bonds is 7. The topological polar surface area (TPSA) is 89.6 Å². The second-order valence-electron chi connectivity index (χ2n) is 8.43. The summed E-state index contributed by atoms with van der Waals surface area (Å²) in [7, 11) is 0. The van der Waals surface area contributed by atoms with E-state index in [1.165, 1.54) is 0 Å². The molecule has 0 bridgehead atoms. The first-order chi connectivity index (χ1) is 16.0. The molecule has 0 spiro atoms. The van der Waals surface area contributed by atoms with Crippen LogP contribution in [0.1, 0.15) is 34.9 Å². The maximum absolute atomic E-state index is 12.6. The summed E-state index contributed by atoms with van der Waals surface area (Å²) in [6, 6.07) is 21.8. The molecular formula is C27H23NO5. The molecule has 3 aromatic carbocycles. The van der Waals surface area contributed by atoms with E-state index in [0.717, 1.165) is 27.8 Å². The number of aromatic nitrogens is 1. The Bertz CT molecular complexity index is 1310. The largest absolute Gasteiger partial charge is 0.481 e. The number of esters is 1. The third-order valence-electron chi connectivity index (χ3n) is 6.15. The molecule has 0 saturated carbocycles. The highest BCUT2D eigenvalue weighted by Crippen LogP contribution is 2.44. The van der Waals surface area contributed by atoms with Crippen molar-refractivity contribution in [2.45, 2.75) is 25.7 Å². The van der Waals surface area contributed by atoms with Crippen molar-refractivity contribution in [2.75, 3.05) is 6.61 Å². The summed E-state index contributed by atoms with van der Waals surface area (Å²) in [5.74, 6) is -2.37. The van der Waals surface area contributed by atoms with E-state index in [1.54, 1.807) is 0 Å². The molecule has 166 valence electrons. The Morgan fingerprint density at radius 1 is 1.03 bits per heavy atom. The van der Waals surface area contributed by atoms with Crippen molar-refractivity contribution >= 4 is 23.0 Å². The smallest absolute Gasteiger partial charge is 0.307 e. The van der Waals surface area contributed by atoms with E-state index in [4.69, 9.17) is 9.15 Å². The molecule has 0 amide bonds. The van der Waals surface area contributed by atoms with Gasteiger partial charge in [0.05, 0.1) is 12.3 Å². The molecule has 1 aromatic heterocycles. The average molecular weight is 441 g/mol. The lowest BCUT2D eigenvalue weighted by Gasteiger charge is -2.15. The van der Waals surface area contributed by atoms with Gasteiger partial charge in [0.15, 0.2) is 11.5 Å². The van der Waals surface area contributed by atoms with Crippen LogP contribution in [0.2, 0.25) is 0 Å². The molecule has 1 heterocycles. The number of carbonyl (C=O) groups is 2. The maximum Gasteiger partial charge on any atom is 0.307 e. The van der Waals surface area contributed by atoms with Crippen LogP contribution < -0.4 is 0 Å². The second kappa shape index (κ2) is 8.54. The number of aliphatic carboxylic acids is 1. The Balaban J connectivity index is 1.27. The van der Waals surface area contributed by atoms with Crippen molar-refractivity contribution in [3.8, 4) is 11.1 Å². The minimum atomic E-state index is -1.08. The van der Waals surface area contributed by atoms with Gasteiger partial charge in [0.1, 0.15) is 12.1 Å². The first-order valence-electron chi connectivity index (χ1n) is 10.9. The van der Waals surface area contributed by atoms with E-state index < -0.39 is 17.9 Å². The molecule has 1 aliphatic carbocycles. The highest BCUT2D eigenvalue weighted by molar-refractivity contribution is 5.81. The van der Waals surface area contributed by atoms with Crippen LogP contribution in [0, 0.1) is 12.8 Å². The van der Waals surface area contributed by atoms with E-state index in [2.05, 4.69) is 17.1 Å². The summed E-state index contributed by atoms with van der Waals surface area (Å²) >= 11 is 0. The quantitative estimate of drug-likeness (QED) is 0.400. The van der Waals surface area contributed by atoms with Gasteiger partial charge >= 0.3 is 11.9 Å². The third kappa shape index (κ3) is 4.12. The van der Waals surface area contributed by atoms with Gasteiger partial charge in [-0.1, -0.05) is 54.6 Å². The van der Waals surface area contributed by atoms with Crippen LogP contribution in [0.5, 0.6) is 0 Å². The number of benzene rings is 3. The molecule has 0 aliphatic heterocycles. The number of carboxylic acids is 1. The zero-order chi connectivity index (χ0) is 22.9. The number of carboxylic acid groups (broad SMARTS) is 1. The standard InChI is InChI=1S/C27H23NO5/c1-16-10-11-23-24(12-16)33-25(28-23)13-17(27(30)31)14-26(29)32-15-22-20-8-4-2-6-18(20)19-7-3-5-9-21(19)22/h2-12,17,22H,13-15H2,1H3,(H,30,31)/t17-/m1/s1. The predicted molar refractivity (Wildman–Crippen MR) is 123 cm³/mol. The van der Waals surface area contributed by atoms with Gasteiger partial charge < -0.3 is 14.3 Å². The zero-order valence-electron chi connectivity index (χ0n) is 18.2. The van der Waals surface area contributed by atoms with Crippen LogP contribution in [-0.2, 0) is 20.7 Å². The summed E-state index contributed by atoms with van der Waals surface area (Å²) < 4.78 is 11.3. The van der Waals surface area contributed by atoms with Crippen molar-refractivity contribution in [1.82, 2.24) is 4.98 Å². The molecule has 1 N–H and O–H groups in total. The molecule has 6 heteroatoms. The number of carbonyl (C=O) groups excluding carboxylic acids is 1. The van der Waals surface area contributed by atoms with Gasteiger partial charge in [0.2, 0.25) is 0 Å². The molecule has 0 saturated heterocycles. The molecule has 4 aromatic rings. The van der Waals surface area contributed by atoms with Crippen LogP contribution in [0.3, 0.4) is 0 Å². The fourth-order valence-electron chi connectivity index (χ4n) is 4.50. The number of fused-ring (bicyclic) bond motifs is 4. The number of oxazole rings is 1. The summed E-state index contributed by atoms with van der Waals surface area (Å²) in [4.78, 5) is 28.8. The van der Waals surface area contributed by atoms with Gasteiger partial charge in [0, 0.05) is 12.3 Å². The SMILES string of the molecule is Cc1ccc2nc(C[C@H](CC(=O)OCC3c4ccccc4-c4ccccc43)C(=O)O)oc2c1. The zero-order valence-corrected chi connectivity index (χ0v) is 18.2. The summed E-state index contributed by atoms with van der Waals surface area (Å²) in [5.41, 5.74) is 6.81. The Morgan fingerprint density at radius 3 is 2.36 bits per heavy atom. The lowest BCUT2D eigenvalue weighted by molar-refractivity contribution is -0.151. The summed E-state index contributed by atoms with van der Waals surface area (Å²) in [6.45, 7) is 2.11. The molecule has 1 aliphatic rings. The molecule has 0 radical (unpaired) electrons. The van der Waals surface area contributed by atoms with E-state index in [0.29, 0.717) is 17.0 Å². The van der Waals surface area contributed by atoms with Gasteiger partial charge in [-0.25, -0.2) is 4.98 Å². The van der Waals surface area contributed by atoms with Crippen molar-refractivity contribution in [1.29, 1.82) is 0 Å². The van der Waals surface area contributed by atoms with Crippen LogP contribution in [0.15, 0.2) is 71.1 Å². The van der Waals surface area contributed by atoms with Crippen LogP contribution in [-0.4, -0.2) is 28.6 Å². The van der Waals surface area contributed by atoms with E-state index in [1.807, 2.05) is 61.5 Å². The predicted octanol–water partition coefficient (Wildman–Crippen LogP) is 5.13. The van der Waals surface area contributed by atoms with Gasteiger partial charge in [-0.15, -0.1) is 0 Å². The Labute approximate surface area is 190 Å². The number of hydrogen-bond donors (Lipinski definition) is 1. The fraction of sp³-hybridized carbons (Fsp3) is 0.222. The number of nitrogens with zero attached hydrogens (tertiary/aromatic N) is 1. The Morgan fingerprint density at radius 2 is 1.70 bits per heavy atom. The lowest BCUT2D eigenvalue weighted by atomic mass is 9.98. The lowest BCUT2D eigenvalue weighted by Crippen LogP contribution is -2.23. The molecular weight excluding hydrogens is 418 g/mol. The van der Waals surface area contributed by atoms with E-state index in [-0.39, 0.29) is 25.4 Å². The van der Waals surface area contributed by atoms with Gasteiger partial charge in [-0.05, 0) is 46.9 Å². The van der Waals surface area contributed by atoms with Crippen LogP contribution >= 0.6 is 0 Å². The van der Waals surface area contributed by atoms with Crippen LogP contribution in [0.25, 0.3) is 22.2 Å². The summed E-state index contributed by atoms with van der Waals surface area (Å²) in [5, 5.41) is 9.67. The first-order valence-corrected chi connectivity index (χ1v) is 10.9. The van der Waals surface area contributed by atoms with Gasteiger partial charge in [-0.2, -0.15) is 0 Å². The molecule has 6 nitrogen and oxygen atoms in total. The average Bonchev–Trinajstić information content (AvgIpc) is 3.35. The molecule has 0 unspecified atom stereocenters. The highest BCUT2D eigenvalue weighted by Gasteiger charge is 2.30. The van der Waals surface area contributed by atoms with Crippen molar-refractivity contribution in [3.05, 3.63) is 89.3 Å².